The monoisotopic (exact) mass is 249 g/mol. The van der Waals surface area contributed by atoms with Crippen LogP contribution in [-0.4, -0.2) is 30.3 Å². The van der Waals surface area contributed by atoms with Crippen LogP contribution in [0.25, 0.3) is 0 Å². The SMILES string of the molecule is COC1CCCC1NC(=O)Cc1ccccc1O. The normalized spacial score (nSPS) is 22.9. The number of carbonyl (C=O) groups excluding carboxylic acids is 1. The third kappa shape index (κ3) is 3.01. The minimum atomic E-state index is -0.0644. The van der Waals surface area contributed by atoms with Crippen molar-refractivity contribution in [2.75, 3.05) is 7.11 Å². The van der Waals surface area contributed by atoms with Crippen molar-refractivity contribution in [1.29, 1.82) is 0 Å². The van der Waals surface area contributed by atoms with Gasteiger partial charge in [0.2, 0.25) is 5.91 Å². The van der Waals surface area contributed by atoms with Crippen LogP contribution in [0.2, 0.25) is 0 Å². The third-order valence-electron chi connectivity index (χ3n) is 3.44. The number of methoxy groups -OCH3 is 1. The van der Waals surface area contributed by atoms with E-state index in [1.807, 2.05) is 6.07 Å². The van der Waals surface area contributed by atoms with Gasteiger partial charge in [0.15, 0.2) is 0 Å². The third-order valence-corrected chi connectivity index (χ3v) is 3.44. The maximum absolute atomic E-state index is 11.9. The van der Waals surface area contributed by atoms with Crippen molar-refractivity contribution in [3.05, 3.63) is 29.8 Å². The first-order valence-electron chi connectivity index (χ1n) is 6.29. The first-order valence-corrected chi connectivity index (χ1v) is 6.29. The van der Waals surface area contributed by atoms with Gasteiger partial charge in [0, 0.05) is 12.7 Å². The maximum Gasteiger partial charge on any atom is 0.224 e. The van der Waals surface area contributed by atoms with Crippen LogP contribution in [0.1, 0.15) is 24.8 Å². The summed E-state index contributed by atoms with van der Waals surface area (Å²) in [6.07, 6.45) is 3.38. The number of benzene rings is 1. The van der Waals surface area contributed by atoms with Crippen LogP contribution in [0.4, 0.5) is 0 Å². The van der Waals surface area contributed by atoms with Gasteiger partial charge in [-0.3, -0.25) is 4.79 Å². The van der Waals surface area contributed by atoms with E-state index in [4.69, 9.17) is 4.74 Å². The van der Waals surface area contributed by atoms with Crippen LogP contribution < -0.4 is 5.32 Å². The first-order chi connectivity index (χ1) is 8.70. The lowest BCUT2D eigenvalue weighted by Crippen LogP contribution is -2.41. The summed E-state index contributed by atoms with van der Waals surface area (Å²) < 4.78 is 5.33. The van der Waals surface area contributed by atoms with E-state index in [9.17, 15) is 9.90 Å². The number of hydrogen-bond acceptors (Lipinski definition) is 3. The molecule has 4 heteroatoms. The predicted molar refractivity (Wildman–Crippen MR) is 68.4 cm³/mol. The molecule has 1 aliphatic rings. The number of carbonyl (C=O) groups is 1. The van der Waals surface area contributed by atoms with E-state index in [0.29, 0.717) is 5.56 Å². The molecule has 0 heterocycles. The van der Waals surface area contributed by atoms with Crippen molar-refractivity contribution >= 4 is 5.91 Å². The van der Waals surface area contributed by atoms with Gasteiger partial charge in [0.05, 0.1) is 18.6 Å². The van der Waals surface area contributed by atoms with Crippen LogP contribution in [0.15, 0.2) is 24.3 Å². The highest BCUT2D eigenvalue weighted by atomic mass is 16.5. The Hall–Kier alpha value is -1.55. The Morgan fingerprint density at radius 2 is 2.22 bits per heavy atom. The molecule has 0 radical (unpaired) electrons. The van der Waals surface area contributed by atoms with Gasteiger partial charge in [-0.05, 0) is 25.3 Å². The Kier molecular flexibility index (Phi) is 4.20. The summed E-state index contributed by atoms with van der Waals surface area (Å²) in [5.74, 6) is 0.104. The summed E-state index contributed by atoms with van der Waals surface area (Å²) in [6, 6.07) is 7.02. The van der Waals surface area contributed by atoms with Gasteiger partial charge in [0.1, 0.15) is 5.75 Å². The Balaban J connectivity index is 1.91. The van der Waals surface area contributed by atoms with E-state index in [-0.39, 0.29) is 30.2 Å². The molecule has 1 aliphatic carbocycles. The molecule has 0 aliphatic heterocycles. The number of ether oxygens (including phenoxy) is 1. The smallest absolute Gasteiger partial charge is 0.224 e. The first kappa shape index (κ1) is 12.9. The number of amides is 1. The highest BCUT2D eigenvalue weighted by molar-refractivity contribution is 5.79. The standard InChI is InChI=1S/C14H19NO3/c1-18-13-8-4-6-11(13)15-14(17)9-10-5-2-3-7-12(10)16/h2-3,5,7,11,13,16H,4,6,8-9H2,1H3,(H,15,17). The van der Waals surface area contributed by atoms with E-state index in [0.717, 1.165) is 19.3 Å². The molecule has 18 heavy (non-hydrogen) atoms. The van der Waals surface area contributed by atoms with Crippen molar-refractivity contribution in [2.24, 2.45) is 0 Å². The second kappa shape index (κ2) is 5.87. The lowest BCUT2D eigenvalue weighted by Gasteiger charge is -2.19. The Morgan fingerprint density at radius 3 is 2.94 bits per heavy atom. The number of phenols is 1. The molecule has 2 N–H and O–H groups in total. The molecular formula is C14H19NO3. The van der Waals surface area contributed by atoms with E-state index < -0.39 is 0 Å². The highest BCUT2D eigenvalue weighted by Crippen LogP contribution is 2.22. The molecular weight excluding hydrogens is 230 g/mol. The van der Waals surface area contributed by atoms with Gasteiger partial charge < -0.3 is 15.2 Å². The van der Waals surface area contributed by atoms with E-state index in [1.54, 1.807) is 25.3 Å². The summed E-state index contributed by atoms with van der Waals surface area (Å²) in [4.78, 5) is 11.9. The minimum absolute atomic E-state index is 0.0644. The second-order valence-corrected chi connectivity index (χ2v) is 4.68. The molecule has 1 aromatic carbocycles. The lowest BCUT2D eigenvalue weighted by molar-refractivity contribution is -0.121. The average Bonchev–Trinajstić information content (AvgIpc) is 2.79. The van der Waals surface area contributed by atoms with Crippen LogP contribution in [-0.2, 0) is 16.0 Å². The average molecular weight is 249 g/mol. The molecule has 2 rings (SSSR count). The molecule has 98 valence electrons. The molecule has 1 amide bonds. The van der Waals surface area contributed by atoms with Crippen molar-refractivity contribution in [1.82, 2.24) is 5.32 Å². The lowest BCUT2D eigenvalue weighted by atomic mass is 10.1. The fourth-order valence-electron chi connectivity index (χ4n) is 2.46. The number of para-hydroxylation sites is 1. The summed E-state index contributed by atoms with van der Waals surface area (Å²) >= 11 is 0. The summed E-state index contributed by atoms with van der Waals surface area (Å²) in [5, 5.41) is 12.6. The zero-order valence-electron chi connectivity index (χ0n) is 10.6. The Labute approximate surface area is 107 Å². The van der Waals surface area contributed by atoms with Crippen molar-refractivity contribution in [2.45, 2.75) is 37.8 Å². The second-order valence-electron chi connectivity index (χ2n) is 4.68. The molecule has 1 fully saturated rings. The predicted octanol–water partition coefficient (Wildman–Crippen LogP) is 1.62. The largest absolute Gasteiger partial charge is 0.508 e. The fraction of sp³-hybridized carbons (Fsp3) is 0.500. The van der Waals surface area contributed by atoms with Gasteiger partial charge in [-0.25, -0.2) is 0 Å². The molecule has 2 atom stereocenters. The molecule has 1 saturated carbocycles. The minimum Gasteiger partial charge on any atom is -0.508 e. The van der Waals surface area contributed by atoms with Crippen LogP contribution >= 0.6 is 0 Å². The Morgan fingerprint density at radius 1 is 1.44 bits per heavy atom. The van der Waals surface area contributed by atoms with Crippen molar-refractivity contribution in [3.63, 3.8) is 0 Å². The van der Waals surface area contributed by atoms with Crippen LogP contribution in [0, 0.1) is 0 Å². The summed E-state index contributed by atoms with van der Waals surface area (Å²) in [7, 11) is 1.68. The number of rotatable bonds is 4. The fourth-order valence-corrected chi connectivity index (χ4v) is 2.46. The topological polar surface area (TPSA) is 58.6 Å². The molecule has 0 aromatic heterocycles. The molecule has 0 bridgehead atoms. The number of hydrogen-bond donors (Lipinski definition) is 2. The zero-order valence-corrected chi connectivity index (χ0v) is 10.6. The van der Waals surface area contributed by atoms with Gasteiger partial charge in [-0.2, -0.15) is 0 Å². The van der Waals surface area contributed by atoms with E-state index in [1.165, 1.54) is 0 Å². The summed E-state index contributed by atoms with van der Waals surface area (Å²) in [5.41, 5.74) is 0.655. The van der Waals surface area contributed by atoms with Crippen molar-refractivity contribution < 1.29 is 14.6 Å². The number of aromatic hydroxyl groups is 1. The Bertz CT molecular complexity index is 419. The quantitative estimate of drug-likeness (QED) is 0.852. The number of nitrogens with one attached hydrogen (secondary N) is 1. The molecule has 2 unspecified atom stereocenters. The molecule has 0 spiro atoms. The zero-order chi connectivity index (χ0) is 13.0. The van der Waals surface area contributed by atoms with Crippen LogP contribution in [0.3, 0.4) is 0 Å². The highest BCUT2D eigenvalue weighted by Gasteiger charge is 2.28. The molecule has 4 nitrogen and oxygen atoms in total. The number of phenolic OH excluding ortho intramolecular Hbond substituents is 1. The maximum atomic E-state index is 11.9. The van der Waals surface area contributed by atoms with E-state index >= 15 is 0 Å². The van der Waals surface area contributed by atoms with E-state index in [2.05, 4.69) is 5.32 Å². The molecule has 0 saturated heterocycles. The van der Waals surface area contributed by atoms with Gasteiger partial charge in [-0.15, -0.1) is 0 Å². The van der Waals surface area contributed by atoms with Gasteiger partial charge >= 0.3 is 0 Å². The van der Waals surface area contributed by atoms with Crippen molar-refractivity contribution in [3.8, 4) is 5.75 Å². The van der Waals surface area contributed by atoms with Crippen LogP contribution in [0.5, 0.6) is 5.75 Å². The van der Waals surface area contributed by atoms with Gasteiger partial charge in [-0.1, -0.05) is 18.2 Å². The molecule has 1 aromatic rings. The van der Waals surface area contributed by atoms with Gasteiger partial charge in [0.25, 0.3) is 0 Å². The summed E-state index contributed by atoms with van der Waals surface area (Å²) in [6.45, 7) is 0.